The Morgan fingerprint density at radius 3 is 2.72 bits per heavy atom. The van der Waals surface area contributed by atoms with E-state index >= 15 is 0 Å². The summed E-state index contributed by atoms with van der Waals surface area (Å²) in [5.74, 6) is 0.570. The quantitative estimate of drug-likeness (QED) is 0.499. The minimum atomic E-state index is -0.135. The number of amides is 1. The summed E-state index contributed by atoms with van der Waals surface area (Å²) < 4.78 is 5.82. The molecule has 0 aliphatic heterocycles. The molecule has 29 heavy (non-hydrogen) atoms. The van der Waals surface area contributed by atoms with Crippen molar-refractivity contribution in [1.29, 1.82) is 0 Å². The van der Waals surface area contributed by atoms with Crippen molar-refractivity contribution in [2.24, 2.45) is 0 Å². The fraction of sp³-hybridized carbons (Fsp3) is 0.217. The van der Waals surface area contributed by atoms with E-state index in [-0.39, 0.29) is 5.91 Å². The highest BCUT2D eigenvalue weighted by atomic mass is 16.3. The van der Waals surface area contributed by atoms with Gasteiger partial charge in [0.2, 0.25) is 0 Å². The zero-order valence-corrected chi connectivity index (χ0v) is 16.0. The maximum atomic E-state index is 12.4. The summed E-state index contributed by atoms with van der Waals surface area (Å²) in [7, 11) is 0. The Bertz CT molecular complexity index is 1080. The van der Waals surface area contributed by atoms with Crippen LogP contribution in [0.2, 0.25) is 0 Å². The summed E-state index contributed by atoms with van der Waals surface area (Å²) in [6.07, 6.45) is 8.33. The van der Waals surface area contributed by atoms with Crippen LogP contribution in [0.25, 0.3) is 11.1 Å². The Morgan fingerprint density at radius 2 is 1.90 bits per heavy atom. The van der Waals surface area contributed by atoms with E-state index in [1.165, 1.54) is 5.56 Å². The number of carbonyl (C=O) groups excluding carboxylic acids is 1. The van der Waals surface area contributed by atoms with Crippen molar-refractivity contribution in [2.45, 2.75) is 25.7 Å². The van der Waals surface area contributed by atoms with Crippen LogP contribution in [0.3, 0.4) is 0 Å². The average Bonchev–Trinajstić information content (AvgIpc) is 3.17. The summed E-state index contributed by atoms with van der Waals surface area (Å²) in [6.45, 7) is 0.499. The maximum absolute atomic E-state index is 12.4. The normalized spacial score (nSPS) is 10.9. The van der Waals surface area contributed by atoms with Gasteiger partial charge in [0.05, 0.1) is 5.69 Å². The molecule has 1 N–H and O–H groups in total. The third-order valence-corrected chi connectivity index (χ3v) is 4.68. The fourth-order valence-corrected chi connectivity index (χ4v) is 3.18. The highest BCUT2D eigenvalue weighted by Crippen LogP contribution is 2.19. The predicted molar refractivity (Wildman–Crippen MR) is 111 cm³/mol. The molecule has 0 radical (unpaired) electrons. The number of oxazole rings is 1. The summed E-state index contributed by atoms with van der Waals surface area (Å²) in [5.41, 5.74) is 4.14. The molecule has 0 saturated carbocycles. The van der Waals surface area contributed by atoms with E-state index in [0.717, 1.165) is 25.0 Å². The first-order valence-electron chi connectivity index (χ1n) is 9.74. The van der Waals surface area contributed by atoms with Gasteiger partial charge in [-0.1, -0.05) is 30.3 Å². The zero-order valence-electron chi connectivity index (χ0n) is 16.0. The van der Waals surface area contributed by atoms with Gasteiger partial charge in [0.1, 0.15) is 5.52 Å². The van der Waals surface area contributed by atoms with Crippen LogP contribution in [0.15, 0.2) is 71.5 Å². The number of hydrogen-bond donors (Lipinski definition) is 1. The molecule has 0 atom stereocenters. The summed E-state index contributed by atoms with van der Waals surface area (Å²) >= 11 is 0. The standard InChI is InChI=1S/C23H22N4O2/c28-23(26-12-11-19-16-24-13-14-25-19)18-9-10-21-20(15-18)27-22(29-21)8-4-7-17-5-2-1-3-6-17/h1-3,5-6,9-10,13-16H,4,7-8,11-12H2,(H,26,28). The SMILES string of the molecule is O=C(NCCc1cnccn1)c1ccc2oc(CCCc3ccccc3)nc2c1. The van der Waals surface area contributed by atoms with E-state index in [1.54, 1.807) is 36.8 Å². The van der Waals surface area contributed by atoms with Gasteiger partial charge in [0, 0.05) is 43.5 Å². The molecule has 2 heterocycles. The van der Waals surface area contributed by atoms with Crippen molar-refractivity contribution in [2.75, 3.05) is 6.54 Å². The van der Waals surface area contributed by atoms with Gasteiger partial charge < -0.3 is 9.73 Å². The molecule has 0 saturated heterocycles. The number of benzene rings is 2. The molecule has 2 aromatic heterocycles. The molecular weight excluding hydrogens is 364 g/mol. The second kappa shape index (κ2) is 9.10. The van der Waals surface area contributed by atoms with Gasteiger partial charge in [-0.25, -0.2) is 4.98 Å². The Hall–Kier alpha value is -3.54. The largest absolute Gasteiger partial charge is 0.441 e. The van der Waals surface area contributed by atoms with Crippen LogP contribution in [0, 0.1) is 0 Å². The third kappa shape index (κ3) is 5.04. The molecule has 0 unspecified atom stereocenters. The van der Waals surface area contributed by atoms with Crippen LogP contribution in [0.4, 0.5) is 0 Å². The lowest BCUT2D eigenvalue weighted by Crippen LogP contribution is -2.25. The second-order valence-corrected chi connectivity index (χ2v) is 6.83. The zero-order chi connectivity index (χ0) is 19.9. The molecule has 1 amide bonds. The van der Waals surface area contributed by atoms with E-state index in [1.807, 2.05) is 6.07 Å². The van der Waals surface area contributed by atoms with E-state index in [0.29, 0.717) is 35.5 Å². The second-order valence-electron chi connectivity index (χ2n) is 6.83. The van der Waals surface area contributed by atoms with Crippen LogP contribution >= 0.6 is 0 Å². The molecule has 2 aromatic carbocycles. The van der Waals surface area contributed by atoms with Gasteiger partial charge in [-0.15, -0.1) is 0 Å². The maximum Gasteiger partial charge on any atom is 0.251 e. The third-order valence-electron chi connectivity index (χ3n) is 4.68. The van der Waals surface area contributed by atoms with Gasteiger partial charge in [-0.2, -0.15) is 0 Å². The van der Waals surface area contributed by atoms with Gasteiger partial charge in [-0.3, -0.25) is 14.8 Å². The Kier molecular flexibility index (Phi) is 5.90. The minimum absolute atomic E-state index is 0.135. The number of nitrogens with zero attached hydrogens (tertiary/aromatic N) is 3. The van der Waals surface area contributed by atoms with Crippen molar-refractivity contribution < 1.29 is 9.21 Å². The highest BCUT2D eigenvalue weighted by molar-refractivity contribution is 5.97. The molecule has 4 aromatic rings. The molecule has 0 spiro atoms. The van der Waals surface area contributed by atoms with Gasteiger partial charge in [0.15, 0.2) is 11.5 Å². The molecule has 4 rings (SSSR count). The molecule has 0 fully saturated rings. The van der Waals surface area contributed by atoms with Crippen molar-refractivity contribution in [3.05, 3.63) is 89.8 Å². The number of carbonyl (C=O) groups is 1. The molecule has 146 valence electrons. The Balaban J connectivity index is 1.33. The molecule has 0 bridgehead atoms. The molecule has 6 nitrogen and oxygen atoms in total. The first-order valence-corrected chi connectivity index (χ1v) is 9.74. The van der Waals surface area contributed by atoms with Crippen LogP contribution in [-0.2, 0) is 19.3 Å². The number of hydrogen-bond acceptors (Lipinski definition) is 5. The number of aromatic nitrogens is 3. The van der Waals surface area contributed by atoms with Crippen molar-refractivity contribution in [3.8, 4) is 0 Å². The number of rotatable bonds is 8. The predicted octanol–water partition coefficient (Wildman–Crippen LogP) is 3.77. The number of fused-ring (bicyclic) bond motifs is 1. The summed E-state index contributed by atoms with van der Waals surface area (Å²) in [4.78, 5) is 25.2. The van der Waals surface area contributed by atoms with Crippen molar-refractivity contribution in [3.63, 3.8) is 0 Å². The minimum Gasteiger partial charge on any atom is -0.441 e. The molecule has 0 aliphatic carbocycles. The Labute approximate surface area is 169 Å². The van der Waals surface area contributed by atoms with Crippen LogP contribution < -0.4 is 5.32 Å². The van der Waals surface area contributed by atoms with Crippen LogP contribution in [0.1, 0.15) is 33.9 Å². The average molecular weight is 386 g/mol. The van der Waals surface area contributed by atoms with E-state index in [4.69, 9.17) is 4.42 Å². The van der Waals surface area contributed by atoms with Gasteiger partial charge in [-0.05, 0) is 36.6 Å². The van der Waals surface area contributed by atoms with E-state index in [9.17, 15) is 4.79 Å². The summed E-state index contributed by atoms with van der Waals surface area (Å²) in [6, 6.07) is 15.7. The highest BCUT2D eigenvalue weighted by Gasteiger charge is 2.11. The van der Waals surface area contributed by atoms with Crippen LogP contribution in [-0.4, -0.2) is 27.4 Å². The van der Waals surface area contributed by atoms with Gasteiger partial charge >= 0.3 is 0 Å². The summed E-state index contributed by atoms with van der Waals surface area (Å²) in [5, 5.41) is 2.91. The number of aryl methyl sites for hydroxylation is 2. The van der Waals surface area contributed by atoms with E-state index < -0.39 is 0 Å². The first-order chi connectivity index (χ1) is 14.3. The smallest absolute Gasteiger partial charge is 0.251 e. The molecular formula is C23H22N4O2. The molecule has 0 aliphatic rings. The Morgan fingerprint density at radius 1 is 1.00 bits per heavy atom. The number of nitrogens with one attached hydrogen (secondary N) is 1. The monoisotopic (exact) mass is 386 g/mol. The first kappa shape index (κ1) is 18.8. The van der Waals surface area contributed by atoms with Crippen molar-refractivity contribution in [1.82, 2.24) is 20.3 Å². The van der Waals surface area contributed by atoms with E-state index in [2.05, 4.69) is 44.5 Å². The lowest BCUT2D eigenvalue weighted by atomic mass is 10.1. The van der Waals surface area contributed by atoms with Crippen molar-refractivity contribution >= 4 is 17.0 Å². The van der Waals surface area contributed by atoms with Crippen LogP contribution in [0.5, 0.6) is 0 Å². The van der Waals surface area contributed by atoms with Gasteiger partial charge in [0.25, 0.3) is 5.91 Å². The molecule has 6 heteroatoms. The lowest BCUT2D eigenvalue weighted by molar-refractivity contribution is 0.0954. The topological polar surface area (TPSA) is 80.9 Å². The fourth-order valence-electron chi connectivity index (χ4n) is 3.18. The lowest BCUT2D eigenvalue weighted by Gasteiger charge is -2.04.